The smallest absolute Gasteiger partial charge is 0.225 e. The minimum atomic E-state index is -0.0335. The van der Waals surface area contributed by atoms with E-state index in [1.165, 1.54) is 0 Å². The largest absolute Gasteiger partial charge is 0.331 e. The van der Waals surface area contributed by atoms with E-state index in [2.05, 4.69) is 32.6 Å². The van der Waals surface area contributed by atoms with Gasteiger partial charge < -0.3 is 4.90 Å². The molecule has 16 heavy (non-hydrogen) atoms. The fourth-order valence-corrected chi connectivity index (χ4v) is 2.33. The Hall–Kier alpha value is -0.720. The highest BCUT2D eigenvalue weighted by atomic mass is 127. The molecule has 0 bridgehead atoms. The Kier molecular flexibility index (Phi) is 3.73. The van der Waals surface area contributed by atoms with Gasteiger partial charge in [-0.05, 0) is 48.8 Å². The summed E-state index contributed by atoms with van der Waals surface area (Å²) in [6.45, 7) is 2.53. The van der Waals surface area contributed by atoms with Gasteiger partial charge in [0.15, 0.2) is 5.78 Å². The molecular formula is C11H14IN3O. The van der Waals surface area contributed by atoms with Crippen LogP contribution in [0.2, 0.25) is 0 Å². The molecule has 0 radical (unpaired) electrons. The average molecular weight is 331 g/mol. The molecule has 0 amide bonds. The molecule has 1 aromatic heterocycles. The number of hydrogen-bond acceptors (Lipinski definition) is 4. The summed E-state index contributed by atoms with van der Waals surface area (Å²) in [6.07, 6.45) is 6.72. The van der Waals surface area contributed by atoms with E-state index < -0.39 is 0 Å². The van der Waals surface area contributed by atoms with Crippen LogP contribution in [0.1, 0.15) is 26.2 Å². The summed E-state index contributed by atoms with van der Waals surface area (Å²) in [7, 11) is 0. The van der Waals surface area contributed by atoms with Crippen molar-refractivity contribution in [1.29, 1.82) is 0 Å². The number of Topliss-reactive ketones (excluding diaryl/α,β-unsaturated/α-hetero) is 1. The molecule has 0 aliphatic carbocycles. The minimum absolute atomic E-state index is 0.0335. The van der Waals surface area contributed by atoms with Gasteiger partial charge in [0.05, 0.1) is 6.04 Å². The van der Waals surface area contributed by atoms with Crippen LogP contribution in [-0.4, -0.2) is 28.3 Å². The standard InChI is InChI=1S/C11H14IN3O/c1-8(16)10-4-2-3-5-15(10)11-13-6-9(12)7-14-11/h6-7,10H,2-5H2,1H3. The van der Waals surface area contributed by atoms with Crippen molar-refractivity contribution in [3.8, 4) is 0 Å². The van der Waals surface area contributed by atoms with Gasteiger partial charge >= 0.3 is 0 Å². The Bertz CT molecular complexity index is 379. The van der Waals surface area contributed by atoms with Crippen molar-refractivity contribution in [2.45, 2.75) is 32.2 Å². The third kappa shape index (κ3) is 2.50. The first-order valence-corrected chi connectivity index (χ1v) is 6.51. The van der Waals surface area contributed by atoms with Crippen molar-refractivity contribution < 1.29 is 4.79 Å². The number of hydrogen-bond donors (Lipinski definition) is 0. The highest BCUT2D eigenvalue weighted by Crippen LogP contribution is 2.22. The molecule has 2 rings (SSSR count). The predicted molar refractivity (Wildman–Crippen MR) is 70.4 cm³/mol. The van der Waals surface area contributed by atoms with Crippen LogP contribution in [0.15, 0.2) is 12.4 Å². The van der Waals surface area contributed by atoms with Gasteiger partial charge in [-0.3, -0.25) is 4.79 Å². The molecule has 1 aromatic rings. The van der Waals surface area contributed by atoms with Gasteiger partial charge in [-0.15, -0.1) is 0 Å². The van der Waals surface area contributed by atoms with Crippen LogP contribution in [0, 0.1) is 3.57 Å². The molecule has 0 saturated carbocycles. The van der Waals surface area contributed by atoms with E-state index in [0.717, 1.165) is 29.4 Å². The third-order valence-corrected chi connectivity index (χ3v) is 3.39. The topological polar surface area (TPSA) is 46.1 Å². The first kappa shape index (κ1) is 11.8. The van der Waals surface area contributed by atoms with Crippen LogP contribution in [-0.2, 0) is 4.79 Å². The number of carbonyl (C=O) groups is 1. The number of carbonyl (C=O) groups excluding carboxylic acids is 1. The third-order valence-electron chi connectivity index (χ3n) is 2.84. The van der Waals surface area contributed by atoms with E-state index in [9.17, 15) is 4.79 Å². The molecule has 5 heteroatoms. The number of anilines is 1. The summed E-state index contributed by atoms with van der Waals surface area (Å²) >= 11 is 2.18. The second kappa shape index (κ2) is 5.07. The first-order chi connectivity index (χ1) is 7.68. The summed E-state index contributed by atoms with van der Waals surface area (Å²) in [5.41, 5.74) is 0. The van der Waals surface area contributed by atoms with E-state index >= 15 is 0 Å². The van der Waals surface area contributed by atoms with Crippen molar-refractivity contribution >= 4 is 34.3 Å². The molecule has 0 N–H and O–H groups in total. The van der Waals surface area contributed by atoms with Crippen LogP contribution in [0.4, 0.5) is 5.95 Å². The van der Waals surface area contributed by atoms with Gasteiger partial charge in [0.25, 0.3) is 0 Å². The molecule has 1 aliphatic rings. The number of ketones is 1. The summed E-state index contributed by atoms with van der Waals surface area (Å²) < 4.78 is 1.01. The van der Waals surface area contributed by atoms with Crippen molar-refractivity contribution in [3.05, 3.63) is 16.0 Å². The fourth-order valence-electron chi connectivity index (χ4n) is 2.05. The van der Waals surface area contributed by atoms with Crippen molar-refractivity contribution in [2.24, 2.45) is 0 Å². The summed E-state index contributed by atoms with van der Waals surface area (Å²) in [5, 5.41) is 0. The van der Waals surface area contributed by atoms with E-state index in [-0.39, 0.29) is 11.8 Å². The van der Waals surface area contributed by atoms with E-state index in [0.29, 0.717) is 5.95 Å². The van der Waals surface area contributed by atoms with E-state index in [1.807, 2.05) is 4.90 Å². The normalized spacial score (nSPS) is 20.9. The lowest BCUT2D eigenvalue weighted by Crippen LogP contribution is -2.44. The van der Waals surface area contributed by atoms with Crippen LogP contribution in [0.5, 0.6) is 0 Å². The lowest BCUT2D eigenvalue weighted by atomic mass is 10.00. The van der Waals surface area contributed by atoms with E-state index in [1.54, 1.807) is 19.3 Å². The predicted octanol–water partition coefficient (Wildman–Crippen LogP) is 2.03. The Morgan fingerprint density at radius 3 is 2.75 bits per heavy atom. The van der Waals surface area contributed by atoms with Gasteiger partial charge in [0, 0.05) is 22.5 Å². The van der Waals surface area contributed by atoms with Gasteiger partial charge in [-0.2, -0.15) is 0 Å². The van der Waals surface area contributed by atoms with Gasteiger partial charge in [-0.1, -0.05) is 0 Å². The lowest BCUT2D eigenvalue weighted by Gasteiger charge is -2.33. The first-order valence-electron chi connectivity index (χ1n) is 5.43. The lowest BCUT2D eigenvalue weighted by molar-refractivity contribution is -0.118. The van der Waals surface area contributed by atoms with Crippen LogP contribution >= 0.6 is 22.6 Å². The average Bonchev–Trinajstić information content (AvgIpc) is 2.30. The Labute approximate surface area is 109 Å². The quantitative estimate of drug-likeness (QED) is 0.778. The van der Waals surface area contributed by atoms with Crippen LogP contribution in [0.3, 0.4) is 0 Å². The Balaban J connectivity index is 2.23. The van der Waals surface area contributed by atoms with Gasteiger partial charge in [0.1, 0.15) is 0 Å². The summed E-state index contributed by atoms with van der Waals surface area (Å²) in [6, 6.07) is -0.0335. The molecule has 1 fully saturated rings. The highest BCUT2D eigenvalue weighted by molar-refractivity contribution is 14.1. The number of piperidine rings is 1. The molecule has 1 aliphatic heterocycles. The SMILES string of the molecule is CC(=O)C1CCCCN1c1ncc(I)cn1. The monoisotopic (exact) mass is 331 g/mol. The molecule has 2 heterocycles. The zero-order valence-corrected chi connectivity index (χ0v) is 11.3. The number of rotatable bonds is 2. The Morgan fingerprint density at radius 2 is 2.12 bits per heavy atom. The molecular weight excluding hydrogens is 317 g/mol. The molecule has 0 spiro atoms. The zero-order chi connectivity index (χ0) is 11.5. The zero-order valence-electron chi connectivity index (χ0n) is 9.19. The van der Waals surface area contributed by atoms with Crippen LogP contribution in [0.25, 0.3) is 0 Å². The van der Waals surface area contributed by atoms with Gasteiger partial charge in [-0.25, -0.2) is 9.97 Å². The molecule has 1 unspecified atom stereocenters. The Morgan fingerprint density at radius 1 is 1.44 bits per heavy atom. The number of aromatic nitrogens is 2. The van der Waals surface area contributed by atoms with Crippen LogP contribution < -0.4 is 4.90 Å². The maximum absolute atomic E-state index is 11.6. The van der Waals surface area contributed by atoms with Crippen molar-refractivity contribution in [3.63, 3.8) is 0 Å². The molecule has 4 nitrogen and oxygen atoms in total. The molecule has 1 saturated heterocycles. The number of halogens is 1. The number of nitrogens with zero attached hydrogens (tertiary/aromatic N) is 3. The van der Waals surface area contributed by atoms with E-state index in [4.69, 9.17) is 0 Å². The summed E-state index contributed by atoms with van der Waals surface area (Å²) in [4.78, 5) is 22.2. The van der Waals surface area contributed by atoms with Gasteiger partial charge in [0.2, 0.25) is 5.95 Å². The molecule has 0 aromatic carbocycles. The second-order valence-electron chi connectivity index (χ2n) is 4.02. The molecule has 1 atom stereocenters. The fraction of sp³-hybridized carbons (Fsp3) is 0.545. The highest BCUT2D eigenvalue weighted by Gasteiger charge is 2.27. The van der Waals surface area contributed by atoms with Crippen molar-refractivity contribution in [2.75, 3.05) is 11.4 Å². The molecule has 86 valence electrons. The second-order valence-corrected chi connectivity index (χ2v) is 5.26. The summed E-state index contributed by atoms with van der Waals surface area (Å²) in [5.74, 6) is 0.891. The maximum atomic E-state index is 11.6. The minimum Gasteiger partial charge on any atom is -0.331 e. The van der Waals surface area contributed by atoms with Crippen molar-refractivity contribution in [1.82, 2.24) is 9.97 Å². The maximum Gasteiger partial charge on any atom is 0.225 e.